The van der Waals surface area contributed by atoms with Crippen LogP contribution in [-0.4, -0.2) is 42.3 Å². The number of amides is 1. The molecule has 1 rings (SSSR count). The van der Waals surface area contributed by atoms with Crippen LogP contribution in [0.4, 0.5) is 5.69 Å². The number of hydrogen-bond acceptors (Lipinski definition) is 5. The molecule has 1 atom stereocenters. The largest absolute Gasteiger partial charge is 0.391 e. The SMILES string of the molecule is COCC(O)CCNC(=O)c1cc([N+](=O)[O-])ccc1C. The van der Waals surface area contributed by atoms with Gasteiger partial charge in [-0.2, -0.15) is 0 Å². The van der Waals surface area contributed by atoms with Crippen LogP contribution in [0.3, 0.4) is 0 Å². The van der Waals surface area contributed by atoms with Crippen LogP contribution in [-0.2, 0) is 4.74 Å². The second kappa shape index (κ2) is 7.56. The van der Waals surface area contributed by atoms with E-state index in [0.29, 0.717) is 12.0 Å². The van der Waals surface area contributed by atoms with Gasteiger partial charge in [-0.3, -0.25) is 14.9 Å². The molecule has 1 unspecified atom stereocenters. The number of nitrogens with one attached hydrogen (secondary N) is 1. The van der Waals surface area contributed by atoms with Gasteiger partial charge in [0.15, 0.2) is 0 Å². The summed E-state index contributed by atoms with van der Waals surface area (Å²) in [5.41, 5.74) is 0.797. The standard InChI is InChI=1S/C13H18N2O5/c1-9-3-4-10(15(18)19)7-12(9)13(17)14-6-5-11(16)8-20-2/h3-4,7,11,16H,5-6,8H2,1-2H3,(H,14,17). The number of nitrogens with zero attached hydrogens (tertiary/aromatic N) is 1. The summed E-state index contributed by atoms with van der Waals surface area (Å²) in [5, 5.41) is 22.7. The molecule has 0 aromatic heterocycles. The summed E-state index contributed by atoms with van der Waals surface area (Å²) in [6.45, 7) is 2.18. The van der Waals surface area contributed by atoms with Gasteiger partial charge in [0.05, 0.1) is 17.6 Å². The number of carbonyl (C=O) groups excluding carboxylic acids is 1. The molecule has 0 fully saturated rings. The minimum Gasteiger partial charge on any atom is -0.391 e. The van der Waals surface area contributed by atoms with Gasteiger partial charge in [-0.25, -0.2) is 0 Å². The zero-order valence-electron chi connectivity index (χ0n) is 11.5. The molecule has 0 saturated heterocycles. The summed E-state index contributed by atoms with van der Waals surface area (Å²) in [6, 6.07) is 4.14. The van der Waals surface area contributed by atoms with Gasteiger partial charge in [-0.15, -0.1) is 0 Å². The lowest BCUT2D eigenvalue weighted by molar-refractivity contribution is -0.384. The highest BCUT2D eigenvalue weighted by Gasteiger charge is 2.14. The number of methoxy groups -OCH3 is 1. The fourth-order valence-electron chi connectivity index (χ4n) is 1.69. The van der Waals surface area contributed by atoms with Crippen molar-refractivity contribution >= 4 is 11.6 Å². The molecular weight excluding hydrogens is 264 g/mol. The van der Waals surface area contributed by atoms with Gasteiger partial charge in [0.1, 0.15) is 0 Å². The number of nitro benzene ring substituents is 1. The second-order valence-corrected chi connectivity index (χ2v) is 4.41. The van der Waals surface area contributed by atoms with Gasteiger partial charge < -0.3 is 15.2 Å². The Morgan fingerprint density at radius 3 is 2.85 bits per heavy atom. The van der Waals surface area contributed by atoms with E-state index in [1.165, 1.54) is 25.3 Å². The zero-order valence-corrected chi connectivity index (χ0v) is 11.5. The van der Waals surface area contributed by atoms with Crippen LogP contribution in [0, 0.1) is 17.0 Å². The third-order valence-corrected chi connectivity index (χ3v) is 2.80. The maximum atomic E-state index is 11.9. The van der Waals surface area contributed by atoms with Crippen LogP contribution in [0.2, 0.25) is 0 Å². The van der Waals surface area contributed by atoms with Crippen molar-refractivity contribution in [1.29, 1.82) is 0 Å². The van der Waals surface area contributed by atoms with E-state index in [1.807, 2.05) is 0 Å². The highest BCUT2D eigenvalue weighted by atomic mass is 16.6. The average molecular weight is 282 g/mol. The van der Waals surface area contributed by atoms with Gasteiger partial charge in [0, 0.05) is 31.4 Å². The molecule has 110 valence electrons. The Kier molecular flexibility index (Phi) is 6.08. The fraction of sp³-hybridized carbons (Fsp3) is 0.462. The van der Waals surface area contributed by atoms with Gasteiger partial charge in [0.25, 0.3) is 11.6 Å². The van der Waals surface area contributed by atoms with E-state index in [1.54, 1.807) is 6.92 Å². The predicted molar refractivity (Wildman–Crippen MR) is 72.7 cm³/mol. The summed E-state index contributed by atoms with van der Waals surface area (Å²) < 4.78 is 4.77. The Morgan fingerprint density at radius 1 is 1.55 bits per heavy atom. The molecule has 2 N–H and O–H groups in total. The van der Waals surface area contributed by atoms with Crippen LogP contribution >= 0.6 is 0 Å². The first-order chi connectivity index (χ1) is 9.45. The molecular formula is C13H18N2O5. The number of aryl methyl sites for hydroxylation is 1. The van der Waals surface area contributed by atoms with Crippen molar-refractivity contribution in [3.05, 3.63) is 39.4 Å². The third-order valence-electron chi connectivity index (χ3n) is 2.80. The van der Waals surface area contributed by atoms with E-state index < -0.39 is 16.9 Å². The number of benzene rings is 1. The minimum atomic E-state index is -0.647. The Bertz CT molecular complexity index is 490. The van der Waals surface area contributed by atoms with E-state index in [4.69, 9.17) is 4.74 Å². The highest BCUT2D eigenvalue weighted by molar-refractivity contribution is 5.96. The first-order valence-corrected chi connectivity index (χ1v) is 6.16. The molecule has 0 spiro atoms. The first kappa shape index (κ1) is 16.1. The Hall–Kier alpha value is -1.99. The van der Waals surface area contributed by atoms with Gasteiger partial charge in [-0.05, 0) is 18.9 Å². The van der Waals surface area contributed by atoms with Crippen molar-refractivity contribution in [2.24, 2.45) is 0 Å². The molecule has 0 saturated carbocycles. The maximum Gasteiger partial charge on any atom is 0.270 e. The molecule has 0 aliphatic heterocycles. The Morgan fingerprint density at radius 2 is 2.25 bits per heavy atom. The van der Waals surface area contributed by atoms with Crippen molar-refractivity contribution < 1.29 is 19.6 Å². The van der Waals surface area contributed by atoms with Crippen molar-refractivity contribution in [1.82, 2.24) is 5.32 Å². The topological polar surface area (TPSA) is 102 Å². The smallest absolute Gasteiger partial charge is 0.270 e. The van der Waals surface area contributed by atoms with Crippen LogP contribution < -0.4 is 5.32 Å². The summed E-state index contributed by atoms with van der Waals surface area (Å²) in [4.78, 5) is 22.1. The minimum absolute atomic E-state index is 0.125. The van der Waals surface area contributed by atoms with Crippen molar-refractivity contribution in [2.75, 3.05) is 20.3 Å². The van der Waals surface area contributed by atoms with Crippen LogP contribution in [0.25, 0.3) is 0 Å². The number of nitro groups is 1. The van der Waals surface area contributed by atoms with E-state index in [0.717, 1.165) is 0 Å². The molecule has 0 heterocycles. The molecule has 0 radical (unpaired) electrons. The van der Waals surface area contributed by atoms with Crippen molar-refractivity contribution in [3.63, 3.8) is 0 Å². The molecule has 0 bridgehead atoms. The van der Waals surface area contributed by atoms with Gasteiger partial charge >= 0.3 is 0 Å². The summed E-state index contributed by atoms with van der Waals surface area (Å²) in [7, 11) is 1.48. The average Bonchev–Trinajstić information content (AvgIpc) is 2.39. The fourth-order valence-corrected chi connectivity index (χ4v) is 1.69. The second-order valence-electron chi connectivity index (χ2n) is 4.41. The summed E-state index contributed by atoms with van der Waals surface area (Å²) >= 11 is 0. The predicted octanol–water partition coefficient (Wildman–Crippen LogP) is 1.03. The first-order valence-electron chi connectivity index (χ1n) is 6.16. The van der Waals surface area contributed by atoms with E-state index in [-0.39, 0.29) is 24.4 Å². The Balaban J connectivity index is 2.63. The summed E-state index contributed by atoms with van der Waals surface area (Å²) in [6.07, 6.45) is -0.292. The molecule has 1 aromatic rings. The van der Waals surface area contributed by atoms with E-state index in [9.17, 15) is 20.0 Å². The molecule has 20 heavy (non-hydrogen) atoms. The normalized spacial score (nSPS) is 11.9. The Labute approximate surface area is 116 Å². The molecule has 0 aliphatic carbocycles. The number of ether oxygens (including phenoxy) is 1. The number of hydrogen-bond donors (Lipinski definition) is 2. The van der Waals surface area contributed by atoms with Gasteiger partial charge in [-0.1, -0.05) is 6.07 Å². The lowest BCUT2D eigenvalue weighted by Gasteiger charge is -2.11. The summed E-state index contributed by atoms with van der Waals surface area (Å²) in [5.74, 6) is -0.393. The maximum absolute atomic E-state index is 11.9. The lowest BCUT2D eigenvalue weighted by atomic mass is 10.1. The van der Waals surface area contributed by atoms with Crippen molar-refractivity contribution in [3.8, 4) is 0 Å². The molecule has 7 nitrogen and oxygen atoms in total. The van der Waals surface area contributed by atoms with E-state index >= 15 is 0 Å². The zero-order chi connectivity index (χ0) is 15.1. The molecule has 7 heteroatoms. The number of non-ortho nitro benzene ring substituents is 1. The molecule has 1 amide bonds. The van der Waals surface area contributed by atoms with Crippen molar-refractivity contribution in [2.45, 2.75) is 19.4 Å². The molecule has 1 aromatic carbocycles. The number of aliphatic hydroxyl groups is 1. The monoisotopic (exact) mass is 282 g/mol. The number of carbonyl (C=O) groups is 1. The third kappa shape index (κ3) is 4.60. The number of rotatable bonds is 7. The van der Waals surface area contributed by atoms with Crippen LogP contribution in [0.15, 0.2) is 18.2 Å². The lowest BCUT2D eigenvalue weighted by Crippen LogP contribution is -2.29. The van der Waals surface area contributed by atoms with Gasteiger partial charge in [0.2, 0.25) is 0 Å². The van der Waals surface area contributed by atoms with Crippen LogP contribution in [0.1, 0.15) is 22.3 Å². The van der Waals surface area contributed by atoms with Crippen LogP contribution in [0.5, 0.6) is 0 Å². The number of aliphatic hydroxyl groups excluding tert-OH is 1. The quantitative estimate of drug-likeness (QED) is 0.574. The van der Waals surface area contributed by atoms with E-state index in [2.05, 4.69) is 5.32 Å². The molecule has 0 aliphatic rings. The highest BCUT2D eigenvalue weighted by Crippen LogP contribution is 2.17.